The molecule has 0 aliphatic heterocycles. The van der Waals surface area contributed by atoms with Gasteiger partial charge in [-0.2, -0.15) is 0 Å². The van der Waals surface area contributed by atoms with Gasteiger partial charge in [-0.15, -0.1) is 0 Å². The fraction of sp³-hybridized carbons (Fsp3) is 0.304. The van der Waals surface area contributed by atoms with Gasteiger partial charge in [-0.05, 0) is 55.5 Å². The summed E-state index contributed by atoms with van der Waals surface area (Å²) in [6.45, 7) is 6.10. The molecule has 3 rings (SSSR count). The molecule has 2 atom stereocenters. The Morgan fingerprint density at radius 3 is 2.58 bits per heavy atom. The molecule has 2 aromatic rings. The van der Waals surface area contributed by atoms with Gasteiger partial charge in [0.15, 0.2) is 5.78 Å². The molecular weight excluding hydrogens is 324 g/mol. The van der Waals surface area contributed by atoms with E-state index in [0.29, 0.717) is 6.42 Å². The summed E-state index contributed by atoms with van der Waals surface area (Å²) in [6.07, 6.45) is 2.27. The first kappa shape index (κ1) is 18.1. The van der Waals surface area contributed by atoms with Gasteiger partial charge in [-0.3, -0.25) is 9.59 Å². The molecule has 0 unspecified atom stereocenters. The van der Waals surface area contributed by atoms with E-state index in [4.69, 9.17) is 4.74 Å². The number of hydrogen-bond donors (Lipinski definition) is 0. The molecule has 0 heterocycles. The van der Waals surface area contributed by atoms with Crippen molar-refractivity contribution in [2.75, 3.05) is 6.61 Å². The summed E-state index contributed by atoms with van der Waals surface area (Å²) >= 11 is 0. The van der Waals surface area contributed by atoms with Crippen LogP contribution in [-0.2, 0) is 14.3 Å². The van der Waals surface area contributed by atoms with E-state index in [1.807, 2.05) is 56.3 Å². The smallest absolute Gasteiger partial charge is 0.317 e. The van der Waals surface area contributed by atoms with Crippen molar-refractivity contribution < 1.29 is 14.3 Å². The molecule has 0 N–H and O–H groups in total. The van der Waals surface area contributed by atoms with Crippen LogP contribution in [0.2, 0.25) is 0 Å². The predicted molar refractivity (Wildman–Crippen MR) is 103 cm³/mol. The van der Waals surface area contributed by atoms with Crippen molar-refractivity contribution in [1.82, 2.24) is 0 Å². The SMILES string of the molecule is CCOC(=O)[C@@H]1C(=O)C=C(c2cccc(C)c2)C[C@H]1c1ccccc1C. The van der Waals surface area contributed by atoms with Crippen LogP contribution < -0.4 is 0 Å². The van der Waals surface area contributed by atoms with Crippen molar-refractivity contribution in [1.29, 1.82) is 0 Å². The Balaban J connectivity index is 2.06. The van der Waals surface area contributed by atoms with Crippen molar-refractivity contribution >= 4 is 17.3 Å². The summed E-state index contributed by atoms with van der Waals surface area (Å²) in [5.41, 5.74) is 5.30. The van der Waals surface area contributed by atoms with Crippen LogP contribution >= 0.6 is 0 Å². The molecule has 0 amide bonds. The molecule has 2 aromatic carbocycles. The Morgan fingerprint density at radius 1 is 1.12 bits per heavy atom. The largest absolute Gasteiger partial charge is 0.465 e. The van der Waals surface area contributed by atoms with Gasteiger partial charge in [0.2, 0.25) is 0 Å². The molecule has 134 valence electrons. The maximum absolute atomic E-state index is 12.9. The van der Waals surface area contributed by atoms with Crippen LogP contribution in [0.4, 0.5) is 0 Å². The van der Waals surface area contributed by atoms with Crippen LogP contribution in [-0.4, -0.2) is 18.4 Å². The molecule has 0 radical (unpaired) electrons. The minimum atomic E-state index is -0.774. The lowest BCUT2D eigenvalue weighted by Gasteiger charge is -2.30. The van der Waals surface area contributed by atoms with Gasteiger partial charge < -0.3 is 4.74 Å². The zero-order chi connectivity index (χ0) is 18.7. The third kappa shape index (κ3) is 3.62. The molecule has 0 saturated heterocycles. The van der Waals surface area contributed by atoms with E-state index in [2.05, 4.69) is 6.07 Å². The molecule has 0 bridgehead atoms. The summed E-state index contributed by atoms with van der Waals surface area (Å²) in [5.74, 6) is -1.57. The highest BCUT2D eigenvalue weighted by molar-refractivity contribution is 6.10. The Labute approximate surface area is 154 Å². The molecule has 0 spiro atoms. The van der Waals surface area contributed by atoms with Gasteiger partial charge in [0.05, 0.1) is 6.61 Å². The highest BCUT2D eigenvalue weighted by Gasteiger charge is 2.40. The third-order valence-corrected chi connectivity index (χ3v) is 4.98. The fourth-order valence-electron chi connectivity index (χ4n) is 3.72. The molecule has 3 heteroatoms. The van der Waals surface area contributed by atoms with Gasteiger partial charge in [0.25, 0.3) is 0 Å². The topological polar surface area (TPSA) is 43.4 Å². The van der Waals surface area contributed by atoms with Crippen LogP contribution in [0, 0.1) is 19.8 Å². The van der Waals surface area contributed by atoms with Crippen molar-refractivity contribution in [3.05, 3.63) is 76.9 Å². The van der Waals surface area contributed by atoms with Gasteiger partial charge in [0.1, 0.15) is 5.92 Å². The zero-order valence-corrected chi connectivity index (χ0v) is 15.5. The van der Waals surface area contributed by atoms with E-state index in [-0.39, 0.29) is 18.3 Å². The number of carbonyl (C=O) groups is 2. The Hall–Kier alpha value is -2.68. The number of ketones is 1. The number of ether oxygens (including phenoxy) is 1. The maximum Gasteiger partial charge on any atom is 0.317 e. The summed E-state index contributed by atoms with van der Waals surface area (Å²) in [7, 11) is 0. The summed E-state index contributed by atoms with van der Waals surface area (Å²) in [6, 6.07) is 16.1. The van der Waals surface area contributed by atoms with Crippen molar-refractivity contribution in [3.8, 4) is 0 Å². The summed E-state index contributed by atoms with van der Waals surface area (Å²) < 4.78 is 5.21. The summed E-state index contributed by atoms with van der Waals surface area (Å²) in [5, 5.41) is 0. The third-order valence-electron chi connectivity index (χ3n) is 4.98. The van der Waals surface area contributed by atoms with Crippen LogP contribution in [0.3, 0.4) is 0 Å². The molecule has 3 nitrogen and oxygen atoms in total. The van der Waals surface area contributed by atoms with Gasteiger partial charge in [0, 0.05) is 5.92 Å². The second-order valence-electron chi connectivity index (χ2n) is 6.84. The molecule has 0 fully saturated rings. The number of benzene rings is 2. The van der Waals surface area contributed by atoms with E-state index in [1.165, 1.54) is 0 Å². The second-order valence-corrected chi connectivity index (χ2v) is 6.84. The van der Waals surface area contributed by atoms with E-state index < -0.39 is 11.9 Å². The lowest BCUT2D eigenvalue weighted by atomic mass is 9.72. The minimum Gasteiger partial charge on any atom is -0.465 e. The number of esters is 1. The number of carbonyl (C=O) groups excluding carboxylic acids is 2. The standard InChI is InChI=1S/C23H24O3/c1-4-26-23(25)22-20(19-11-6-5-9-16(19)3)13-18(14-21(22)24)17-10-7-8-15(2)12-17/h5-12,14,20,22H,4,13H2,1-3H3/t20-,22-/m0/s1. The number of hydrogen-bond acceptors (Lipinski definition) is 3. The van der Waals surface area contributed by atoms with Crippen molar-refractivity contribution in [2.24, 2.45) is 5.92 Å². The molecule has 26 heavy (non-hydrogen) atoms. The monoisotopic (exact) mass is 348 g/mol. The minimum absolute atomic E-state index is 0.167. The quantitative estimate of drug-likeness (QED) is 0.598. The van der Waals surface area contributed by atoms with Crippen LogP contribution in [0.1, 0.15) is 41.5 Å². The highest BCUT2D eigenvalue weighted by Crippen LogP contribution is 2.41. The van der Waals surface area contributed by atoms with E-state index in [9.17, 15) is 9.59 Å². The number of rotatable bonds is 4. The molecular formula is C23H24O3. The van der Waals surface area contributed by atoms with Gasteiger partial charge in [-0.1, -0.05) is 54.1 Å². The van der Waals surface area contributed by atoms with Gasteiger partial charge >= 0.3 is 5.97 Å². The molecule has 0 aromatic heterocycles. The Kier molecular flexibility index (Phi) is 5.36. The molecule has 1 aliphatic carbocycles. The normalized spacial score (nSPS) is 19.8. The lowest BCUT2D eigenvalue weighted by molar-refractivity contribution is -0.151. The van der Waals surface area contributed by atoms with Crippen LogP contribution in [0.25, 0.3) is 5.57 Å². The number of aryl methyl sites for hydroxylation is 2. The van der Waals surface area contributed by atoms with E-state index >= 15 is 0 Å². The Bertz CT molecular complexity index is 863. The number of allylic oxidation sites excluding steroid dienone is 2. The average molecular weight is 348 g/mol. The highest BCUT2D eigenvalue weighted by atomic mass is 16.5. The average Bonchev–Trinajstić information content (AvgIpc) is 2.61. The molecule has 0 saturated carbocycles. The second kappa shape index (κ2) is 7.69. The van der Waals surface area contributed by atoms with Crippen molar-refractivity contribution in [2.45, 2.75) is 33.1 Å². The maximum atomic E-state index is 12.9. The molecule has 1 aliphatic rings. The summed E-state index contributed by atoms with van der Waals surface area (Å²) in [4.78, 5) is 25.4. The van der Waals surface area contributed by atoms with Crippen LogP contribution in [0.15, 0.2) is 54.6 Å². The first-order valence-electron chi connectivity index (χ1n) is 9.05. The van der Waals surface area contributed by atoms with Crippen molar-refractivity contribution in [3.63, 3.8) is 0 Å². The lowest BCUT2D eigenvalue weighted by Crippen LogP contribution is -2.34. The first-order valence-corrected chi connectivity index (χ1v) is 9.05. The van der Waals surface area contributed by atoms with Crippen LogP contribution in [0.5, 0.6) is 0 Å². The fourth-order valence-corrected chi connectivity index (χ4v) is 3.72. The first-order chi connectivity index (χ1) is 12.5. The van der Waals surface area contributed by atoms with Gasteiger partial charge in [-0.25, -0.2) is 0 Å². The predicted octanol–water partition coefficient (Wildman–Crippen LogP) is 4.62. The Morgan fingerprint density at radius 2 is 1.88 bits per heavy atom. The zero-order valence-electron chi connectivity index (χ0n) is 15.5. The van der Waals surface area contributed by atoms with E-state index in [1.54, 1.807) is 13.0 Å². The van der Waals surface area contributed by atoms with E-state index in [0.717, 1.165) is 27.8 Å².